The van der Waals surface area contributed by atoms with Gasteiger partial charge in [-0.3, -0.25) is 9.80 Å². The second kappa shape index (κ2) is 5.49. The molecule has 0 aliphatic carbocycles. The minimum atomic E-state index is 0.205. The lowest BCUT2D eigenvalue weighted by Crippen LogP contribution is -2.11. The third-order valence-corrected chi connectivity index (χ3v) is 3.03. The first-order chi connectivity index (χ1) is 8.74. The Hall–Kier alpha value is -2.10. The maximum atomic E-state index is 10.5. The number of aryl methyl sites for hydroxylation is 1. The molecule has 4 nitrogen and oxygen atoms in total. The van der Waals surface area contributed by atoms with E-state index in [0.717, 1.165) is 17.7 Å². The average Bonchev–Trinajstić information content (AvgIpc) is 2.40. The monoisotopic (exact) mass is 243 g/mol. The summed E-state index contributed by atoms with van der Waals surface area (Å²) < 4.78 is 0. The van der Waals surface area contributed by atoms with E-state index < -0.39 is 0 Å². The van der Waals surface area contributed by atoms with Crippen molar-refractivity contribution in [2.24, 2.45) is 5.10 Å². The lowest BCUT2D eigenvalue weighted by molar-refractivity contribution is -0.105. The van der Waals surface area contributed by atoms with Crippen molar-refractivity contribution < 1.29 is 4.79 Å². The van der Waals surface area contributed by atoms with Gasteiger partial charge in [0.1, 0.15) is 0 Å². The first-order valence-electron chi connectivity index (χ1n) is 6.03. The number of hydrogen-bond acceptors (Lipinski definition) is 3. The quantitative estimate of drug-likeness (QED) is 0.825. The van der Waals surface area contributed by atoms with Gasteiger partial charge in [0.05, 0.1) is 0 Å². The molecule has 1 atom stereocenters. The number of nitrogens with zero attached hydrogens (tertiary/aromatic N) is 2. The summed E-state index contributed by atoms with van der Waals surface area (Å²) >= 11 is 0. The molecule has 0 bridgehead atoms. The van der Waals surface area contributed by atoms with Crippen molar-refractivity contribution in [1.82, 2.24) is 5.01 Å². The maximum absolute atomic E-state index is 10.5. The lowest BCUT2D eigenvalue weighted by atomic mass is 9.96. The van der Waals surface area contributed by atoms with Gasteiger partial charge in [-0.05, 0) is 23.6 Å². The number of hydrogen-bond donors (Lipinski definition) is 1. The summed E-state index contributed by atoms with van der Waals surface area (Å²) in [6.07, 6.45) is 7.58. The zero-order chi connectivity index (χ0) is 13.0. The number of rotatable bonds is 4. The first-order valence-corrected chi connectivity index (χ1v) is 6.03. The van der Waals surface area contributed by atoms with Gasteiger partial charge in [-0.2, -0.15) is 5.10 Å². The minimum absolute atomic E-state index is 0.205. The Morgan fingerprint density at radius 1 is 1.50 bits per heavy atom. The molecule has 1 aliphatic heterocycles. The molecule has 1 amide bonds. The van der Waals surface area contributed by atoms with Crippen molar-refractivity contribution in [3.8, 4) is 0 Å². The van der Waals surface area contributed by atoms with E-state index in [9.17, 15) is 4.79 Å². The summed E-state index contributed by atoms with van der Waals surface area (Å²) in [7, 11) is 1.90. The Morgan fingerprint density at radius 2 is 2.33 bits per heavy atom. The topological polar surface area (TPSA) is 44.7 Å². The van der Waals surface area contributed by atoms with Gasteiger partial charge in [0.25, 0.3) is 0 Å². The Kier molecular flexibility index (Phi) is 3.77. The van der Waals surface area contributed by atoms with Crippen LogP contribution in [-0.2, 0) is 11.2 Å². The van der Waals surface area contributed by atoms with E-state index in [2.05, 4.69) is 29.5 Å². The Labute approximate surface area is 107 Å². The number of anilines is 1. The fourth-order valence-electron chi connectivity index (χ4n) is 2.00. The minimum Gasteiger partial charge on any atom is -0.328 e. The molecule has 4 heteroatoms. The SMILES string of the molecule is CCc1cc(C2C=CN(C)N=C2)ccc1NC=O. The first kappa shape index (κ1) is 12.4. The van der Waals surface area contributed by atoms with Crippen molar-refractivity contribution >= 4 is 18.3 Å². The van der Waals surface area contributed by atoms with E-state index in [0.29, 0.717) is 6.41 Å². The Balaban J connectivity index is 2.27. The maximum Gasteiger partial charge on any atom is 0.211 e. The number of carbonyl (C=O) groups is 1. The van der Waals surface area contributed by atoms with Crippen molar-refractivity contribution in [3.63, 3.8) is 0 Å². The molecule has 0 fully saturated rings. The highest BCUT2D eigenvalue weighted by atomic mass is 16.1. The van der Waals surface area contributed by atoms with E-state index in [-0.39, 0.29) is 5.92 Å². The van der Waals surface area contributed by atoms with Gasteiger partial charge < -0.3 is 5.32 Å². The number of amides is 1. The van der Waals surface area contributed by atoms with Crippen LogP contribution in [0.1, 0.15) is 24.0 Å². The van der Waals surface area contributed by atoms with Gasteiger partial charge in [-0.1, -0.05) is 25.1 Å². The fraction of sp³-hybridized carbons (Fsp3) is 0.286. The fourth-order valence-corrected chi connectivity index (χ4v) is 2.00. The third kappa shape index (κ3) is 2.59. The molecule has 2 rings (SSSR count). The number of allylic oxidation sites excluding steroid dienone is 1. The molecular weight excluding hydrogens is 226 g/mol. The average molecular weight is 243 g/mol. The van der Waals surface area contributed by atoms with Crippen LogP contribution in [0.3, 0.4) is 0 Å². The van der Waals surface area contributed by atoms with E-state index in [1.54, 1.807) is 5.01 Å². The Bertz CT molecular complexity index is 480. The van der Waals surface area contributed by atoms with Crippen LogP contribution in [0.5, 0.6) is 0 Å². The van der Waals surface area contributed by atoms with Crippen LogP contribution < -0.4 is 5.32 Å². The number of hydrazone groups is 1. The van der Waals surface area contributed by atoms with Crippen LogP contribution in [-0.4, -0.2) is 24.7 Å². The molecule has 0 saturated heterocycles. The largest absolute Gasteiger partial charge is 0.328 e. The zero-order valence-corrected chi connectivity index (χ0v) is 10.6. The predicted octanol–water partition coefficient (Wildman–Crippen LogP) is 2.35. The second-order valence-corrected chi connectivity index (χ2v) is 4.24. The van der Waals surface area contributed by atoms with Crippen molar-refractivity contribution in [2.45, 2.75) is 19.3 Å². The molecule has 18 heavy (non-hydrogen) atoms. The summed E-state index contributed by atoms with van der Waals surface area (Å²) in [5.74, 6) is 0.205. The molecule has 1 aromatic carbocycles. The van der Waals surface area contributed by atoms with Crippen molar-refractivity contribution in [1.29, 1.82) is 0 Å². The van der Waals surface area contributed by atoms with Crippen LogP contribution in [0.15, 0.2) is 35.6 Å². The summed E-state index contributed by atoms with van der Waals surface area (Å²) in [6.45, 7) is 2.08. The Morgan fingerprint density at radius 3 is 2.94 bits per heavy atom. The second-order valence-electron chi connectivity index (χ2n) is 4.24. The third-order valence-electron chi connectivity index (χ3n) is 3.03. The molecule has 94 valence electrons. The smallest absolute Gasteiger partial charge is 0.211 e. The molecule has 1 heterocycles. The summed E-state index contributed by atoms with van der Waals surface area (Å²) in [6, 6.07) is 6.10. The van der Waals surface area contributed by atoms with Gasteiger partial charge in [-0.15, -0.1) is 0 Å². The van der Waals surface area contributed by atoms with Crippen LogP contribution in [0.2, 0.25) is 0 Å². The highest BCUT2D eigenvalue weighted by Gasteiger charge is 2.11. The van der Waals surface area contributed by atoms with E-state index >= 15 is 0 Å². The van der Waals surface area contributed by atoms with Crippen LogP contribution in [0.25, 0.3) is 0 Å². The molecule has 0 spiro atoms. The van der Waals surface area contributed by atoms with Crippen LogP contribution >= 0.6 is 0 Å². The standard InChI is InChI=1S/C14H17N3O/c1-3-11-8-12(4-5-14(11)15-10-18)13-6-7-17(2)16-9-13/h4-10,13H,3H2,1-2H3,(H,15,18). The molecule has 1 unspecified atom stereocenters. The summed E-state index contributed by atoms with van der Waals surface area (Å²) in [5.41, 5.74) is 3.21. The number of carbonyl (C=O) groups excluding carboxylic acids is 1. The highest BCUT2D eigenvalue weighted by molar-refractivity contribution is 5.76. The predicted molar refractivity (Wildman–Crippen MR) is 73.6 cm³/mol. The molecule has 0 aromatic heterocycles. The van der Waals surface area contributed by atoms with Gasteiger partial charge in [0.15, 0.2) is 0 Å². The molecule has 0 saturated carbocycles. The van der Waals surface area contributed by atoms with Gasteiger partial charge in [0.2, 0.25) is 6.41 Å². The highest BCUT2D eigenvalue weighted by Crippen LogP contribution is 2.24. The van der Waals surface area contributed by atoms with Crippen LogP contribution in [0, 0.1) is 0 Å². The molecule has 1 aliphatic rings. The van der Waals surface area contributed by atoms with E-state index in [1.165, 1.54) is 5.56 Å². The summed E-state index contributed by atoms with van der Waals surface area (Å²) in [5, 5.41) is 8.75. The van der Waals surface area contributed by atoms with Crippen LogP contribution in [0.4, 0.5) is 5.69 Å². The van der Waals surface area contributed by atoms with E-state index in [4.69, 9.17) is 0 Å². The zero-order valence-electron chi connectivity index (χ0n) is 10.6. The molecular formula is C14H17N3O. The molecule has 1 aromatic rings. The normalized spacial score (nSPS) is 17.9. The number of benzene rings is 1. The van der Waals surface area contributed by atoms with Crippen molar-refractivity contribution in [2.75, 3.05) is 12.4 Å². The summed E-state index contributed by atoms with van der Waals surface area (Å²) in [4.78, 5) is 10.5. The molecule has 0 radical (unpaired) electrons. The van der Waals surface area contributed by atoms with Gasteiger partial charge >= 0.3 is 0 Å². The lowest BCUT2D eigenvalue weighted by Gasteiger charge is -2.18. The molecule has 1 N–H and O–H groups in total. The van der Waals surface area contributed by atoms with Gasteiger partial charge in [0, 0.05) is 31.1 Å². The van der Waals surface area contributed by atoms with Gasteiger partial charge in [-0.25, -0.2) is 0 Å². The van der Waals surface area contributed by atoms with Crippen molar-refractivity contribution in [3.05, 3.63) is 41.6 Å². The number of nitrogens with one attached hydrogen (secondary N) is 1. The van der Waals surface area contributed by atoms with E-state index in [1.807, 2.05) is 31.6 Å².